The average molecular weight is 411 g/mol. The second-order valence-corrected chi connectivity index (χ2v) is 8.68. The molecule has 1 atom stereocenters. The van der Waals surface area contributed by atoms with Crippen LogP contribution in [0.1, 0.15) is 17.9 Å². The molecule has 2 aromatic heterocycles. The molecule has 1 N–H and O–H groups in total. The van der Waals surface area contributed by atoms with E-state index >= 15 is 0 Å². The van der Waals surface area contributed by atoms with Gasteiger partial charge in [-0.3, -0.25) is 0 Å². The highest BCUT2D eigenvalue weighted by Gasteiger charge is 2.17. The summed E-state index contributed by atoms with van der Waals surface area (Å²) in [5.41, 5.74) is 6.26. The zero-order valence-electron chi connectivity index (χ0n) is 17.6. The zero-order valence-corrected chi connectivity index (χ0v) is 17.6. The maximum absolute atomic E-state index is 3.60. The number of nitrogens with one attached hydrogen (secondary N) is 1. The highest BCUT2D eigenvalue weighted by atomic mass is 15.0. The predicted molar refractivity (Wildman–Crippen MR) is 135 cm³/mol. The fourth-order valence-corrected chi connectivity index (χ4v) is 5.36. The van der Waals surface area contributed by atoms with Gasteiger partial charge in [-0.2, -0.15) is 0 Å². The fourth-order valence-electron chi connectivity index (χ4n) is 5.36. The normalized spacial score (nSPS) is 15.6. The van der Waals surface area contributed by atoms with Gasteiger partial charge < -0.3 is 9.55 Å². The number of benzene rings is 4. The van der Waals surface area contributed by atoms with E-state index in [4.69, 9.17) is 0 Å². The van der Waals surface area contributed by atoms with Gasteiger partial charge in [-0.25, -0.2) is 0 Å². The van der Waals surface area contributed by atoms with E-state index in [0.29, 0.717) is 5.92 Å². The summed E-state index contributed by atoms with van der Waals surface area (Å²) in [5, 5.41) is 6.56. The molecule has 152 valence electrons. The first-order chi connectivity index (χ1) is 15.9. The molecule has 1 unspecified atom stereocenters. The standard InChI is InChI=1S/C30H22N2/c1-2-8-22(9-3-1)32-29-13-7-5-11-25(29)26-18-20(15-17-30(26)32)21-14-16-24-23-10-4-6-12-27(23)31-28(24)19-21/h1-14,16-20,31H,15H2. The monoisotopic (exact) mass is 410 g/mol. The first-order valence-corrected chi connectivity index (χ1v) is 11.2. The molecule has 0 saturated heterocycles. The van der Waals surface area contributed by atoms with Crippen molar-refractivity contribution in [1.82, 2.24) is 9.55 Å². The Morgan fingerprint density at radius 2 is 1.44 bits per heavy atom. The molecule has 1 aliphatic rings. The zero-order chi connectivity index (χ0) is 21.1. The van der Waals surface area contributed by atoms with Gasteiger partial charge in [0.05, 0.1) is 5.52 Å². The van der Waals surface area contributed by atoms with Crippen LogP contribution in [0.15, 0.2) is 97.1 Å². The third-order valence-electron chi connectivity index (χ3n) is 6.86. The molecule has 2 heteroatoms. The minimum atomic E-state index is 0.369. The van der Waals surface area contributed by atoms with Gasteiger partial charge in [-0.15, -0.1) is 0 Å². The molecular formula is C30H22N2. The molecule has 0 bridgehead atoms. The number of aromatic nitrogens is 2. The minimum Gasteiger partial charge on any atom is -0.355 e. The molecule has 4 aromatic carbocycles. The van der Waals surface area contributed by atoms with E-state index < -0.39 is 0 Å². The third kappa shape index (κ3) is 2.53. The van der Waals surface area contributed by atoms with Gasteiger partial charge >= 0.3 is 0 Å². The fraction of sp³-hybridized carbons (Fsp3) is 0.0667. The van der Waals surface area contributed by atoms with E-state index in [-0.39, 0.29) is 0 Å². The number of aromatic amines is 1. The lowest BCUT2D eigenvalue weighted by Gasteiger charge is -2.15. The number of para-hydroxylation sites is 3. The van der Waals surface area contributed by atoms with Crippen molar-refractivity contribution in [3.8, 4) is 5.69 Å². The topological polar surface area (TPSA) is 20.7 Å². The highest BCUT2D eigenvalue weighted by molar-refractivity contribution is 6.07. The molecule has 0 radical (unpaired) electrons. The molecular weight excluding hydrogens is 388 g/mol. The van der Waals surface area contributed by atoms with Crippen molar-refractivity contribution in [2.24, 2.45) is 0 Å². The Kier molecular flexibility index (Phi) is 3.71. The lowest BCUT2D eigenvalue weighted by molar-refractivity contribution is 0.908. The molecule has 1 aliphatic carbocycles. The van der Waals surface area contributed by atoms with Crippen molar-refractivity contribution in [2.75, 3.05) is 0 Å². The van der Waals surface area contributed by atoms with E-state index in [1.54, 1.807) is 0 Å². The van der Waals surface area contributed by atoms with Crippen LogP contribution in [0.2, 0.25) is 0 Å². The Morgan fingerprint density at radius 1 is 0.688 bits per heavy atom. The molecule has 0 amide bonds. The van der Waals surface area contributed by atoms with Crippen LogP contribution in [-0.2, 0) is 0 Å². The molecule has 0 aliphatic heterocycles. The largest absolute Gasteiger partial charge is 0.355 e. The van der Waals surface area contributed by atoms with Crippen LogP contribution >= 0.6 is 0 Å². The Labute approximate surface area is 185 Å². The lowest BCUT2D eigenvalue weighted by atomic mass is 9.91. The van der Waals surface area contributed by atoms with Crippen molar-refractivity contribution in [2.45, 2.75) is 12.3 Å². The molecule has 0 saturated carbocycles. The van der Waals surface area contributed by atoms with Crippen LogP contribution in [0.25, 0.3) is 50.5 Å². The number of hydrogen-bond donors (Lipinski definition) is 1. The van der Waals surface area contributed by atoms with Gasteiger partial charge in [-0.1, -0.05) is 78.9 Å². The van der Waals surface area contributed by atoms with E-state index in [1.165, 1.54) is 54.5 Å². The highest BCUT2D eigenvalue weighted by Crippen LogP contribution is 2.31. The van der Waals surface area contributed by atoms with E-state index in [9.17, 15) is 0 Å². The van der Waals surface area contributed by atoms with Crippen LogP contribution in [0, 0.1) is 0 Å². The Bertz CT molecular complexity index is 1750. The van der Waals surface area contributed by atoms with Crippen molar-refractivity contribution in [3.63, 3.8) is 0 Å². The number of rotatable bonds is 2. The summed E-state index contributed by atoms with van der Waals surface area (Å²) in [4.78, 5) is 3.60. The van der Waals surface area contributed by atoms with Gasteiger partial charge in [0, 0.05) is 49.4 Å². The summed E-state index contributed by atoms with van der Waals surface area (Å²) in [5.74, 6) is 0.369. The first kappa shape index (κ1) is 17.6. The molecule has 2 heterocycles. The van der Waals surface area contributed by atoms with Crippen LogP contribution < -0.4 is 10.6 Å². The van der Waals surface area contributed by atoms with E-state index in [2.05, 4.69) is 119 Å². The van der Waals surface area contributed by atoms with Crippen LogP contribution in [-0.4, -0.2) is 9.55 Å². The summed E-state index contributed by atoms with van der Waals surface area (Å²) >= 11 is 0. The predicted octanol–water partition coefficient (Wildman–Crippen LogP) is 6.01. The van der Waals surface area contributed by atoms with Crippen molar-refractivity contribution in [3.05, 3.63) is 113 Å². The molecule has 0 spiro atoms. The number of fused-ring (bicyclic) bond motifs is 6. The number of nitrogens with zero attached hydrogens (tertiary/aromatic N) is 1. The lowest BCUT2D eigenvalue weighted by Crippen LogP contribution is -2.31. The quantitative estimate of drug-likeness (QED) is 0.361. The van der Waals surface area contributed by atoms with Gasteiger partial charge in [0.2, 0.25) is 0 Å². The van der Waals surface area contributed by atoms with Crippen molar-refractivity contribution >= 4 is 44.9 Å². The minimum absolute atomic E-state index is 0.369. The summed E-state index contributed by atoms with van der Waals surface area (Å²) in [6.45, 7) is 0. The van der Waals surface area contributed by atoms with Gasteiger partial charge in [0.25, 0.3) is 0 Å². The second kappa shape index (κ2) is 6.73. The summed E-state index contributed by atoms with van der Waals surface area (Å²) < 4.78 is 2.40. The number of H-pyrrole nitrogens is 1. The van der Waals surface area contributed by atoms with Crippen LogP contribution in [0.4, 0.5) is 0 Å². The third-order valence-corrected chi connectivity index (χ3v) is 6.86. The summed E-state index contributed by atoms with van der Waals surface area (Å²) in [6, 6.07) is 34.9. The van der Waals surface area contributed by atoms with E-state index in [0.717, 1.165) is 6.42 Å². The Hall–Kier alpha value is -4.04. The molecule has 0 fully saturated rings. The smallest absolute Gasteiger partial charge is 0.0540 e. The summed E-state index contributed by atoms with van der Waals surface area (Å²) in [6.07, 6.45) is 5.89. The van der Waals surface area contributed by atoms with Crippen LogP contribution in [0.3, 0.4) is 0 Å². The Balaban J connectivity index is 1.43. The molecule has 7 rings (SSSR count). The second-order valence-electron chi connectivity index (χ2n) is 8.68. The van der Waals surface area contributed by atoms with Gasteiger partial charge in [0.1, 0.15) is 0 Å². The first-order valence-electron chi connectivity index (χ1n) is 11.2. The molecule has 2 nitrogen and oxygen atoms in total. The van der Waals surface area contributed by atoms with Crippen molar-refractivity contribution < 1.29 is 0 Å². The molecule has 32 heavy (non-hydrogen) atoms. The maximum Gasteiger partial charge on any atom is 0.0540 e. The van der Waals surface area contributed by atoms with Gasteiger partial charge in [-0.05, 0) is 42.3 Å². The number of hydrogen-bond acceptors (Lipinski definition) is 0. The maximum atomic E-state index is 3.60. The van der Waals surface area contributed by atoms with Gasteiger partial charge in [0.15, 0.2) is 0 Å². The Morgan fingerprint density at radius 3 is 2.34 bits per heavy atom. The average Bonchev–Trinajstić information content (AvgIpc) is 3.39. The van der Waals surface area contributed by atoms with Crippen molar-refractivity contribution in [1.29, 1.82) is 0 Å². The van der Waals surface area contributed by atoms with Crippen LogP contribution in [0.5, 0.6) is 0 Å². The van der Waals surface area contributed by atoms with E-state index in [1.807, 2.05) is 0 Å². The SMILES string of the molecule is C1=c2c(n(-c3ccccc3)c3ccccc23)=CCC1c1ccc2c(c1)[nH]c1ccccc12. The molecule has 6 aromatic rings. The summed E-state index contributed by atoms with van der Waals surface area (Å²) in [7, 11) is 0.